The van der Waals surface area contributed by atoms with Gasteiger partial charge in [0.25, 0.3) is 0 Å². The van der Waals surface area contributed by atoms with Gasteiger partial charge in [-0.2, -0.15) is 0 Å². The van der Waals surface area contributed by atoms with Gasteiger partial charge in [0.15, 0.2) is 0 Å². The van der Waals surface area contributed by atoms with E-state index in [1.165, 1.54) is 39.2 Å². The minimum absolute atomic E-state index is 0.866. The predicted molar refractivity (Wildman–Crippen MR) is 69.0 cm³/mol. The van der Waals surface area contributed by atoms with Crippen molar-refractivity contribution in [3.63, 3.8) is 0 Å². The van der Waals surface area contributed by atoms with E-state index in [2.05, 4.69) is 38.6 Å². The van der Waals surface area contributed by atoms with Crippen LogP contribution in [0.2, 0.25) is 0 Å². The van der Waals surface area contributed by atoms with Gasteiger partial charge in [-0.3, -0.25) is 0 Å². The van der Waals surface area contributed by atoms with Gasteiger partial charge >= 0.3 is 0 Å². The highest BCUT2D eigenvalue weighted by molar-refractivity contribution is 4.83. The Balaban J connectivity index is 0.000000921. The molecule has 15 heavy (non-hydrogen) atoms. The highest BCUT2D eigenvalue weighted by Crippen LogP contribution is 2.36. The van der Waals surface area contributed by atoms with Gasteiger partial charge in [-0.15, -0.1) is 0 Å². The Kier molecular flexibility index (Phi) is 8.07. The Labute approximate surface area is 96.2 Å². The van der Waals surface area contributed by atoms with E-state index in [0.29, 0.717) is 0 Å². The standard InChI is InChI=1S/C12H25N.CH5N/c1-5-10(6-2)11-7-8-12(9-11)13(3)4;1-2/h10-12H,5-9H2,1-4H3;2H2,1H3. The van der Waals surface area contributed by atoms with Crippen molar-refractivity contribution in [1.82, 2.24) is 4.90 Å². The van der Waals surface area contributed by atoms with Crippen molar-refractivity contribution in [3.8, 4) is 0 Å². The van der Waals surface area contributed by atoms with E-state index in [-0.39, 0.29) is 0 Å². The monoisotopic (exact) mass is 214 g/mol. The molecule has 0 saturated heterocycles. The highest BCUT2D eigenvalue weighted by atomic mass is 15.1. The summed E-state index contributed by atoms with van der Waals surface area (Å²) >= 11 is 0. The van der Waals surface area contributed by atoms with E-state index in [1.807, 2.05) is 0 Å². The van der Waals surface area contributed by atoms with Gasteiger partial charge in [-0.25, -0.2) is 0 Å². The molecule has 0 spiro atoms. The SMILES string of the molecule is CCC(CC)C1CCC(N(C)C)C1.CN. The van der Waals surface area contributed by atoms with Crippen LogP contribution in [0.15, 0.2) is 0 Å². The van der Waals surface area contributed by atoms with Gasteiger partial charge in [0.1, 0.15) is 0 Å². The van der Waals surface area contributed by atoms with Crippen molar-refractivity contribution in [3.05, 3.63) is 0 Å². The summed E-state index contributed by atoms with van der Waals surface area (Å²) in [7, 11) is 5.94. The molecule has 0 amide bonds. The highest BCUT2D eigenvalue weighted by Gasteiger charge is 2.29. The lowest BCUT2D eigenvalue weighted by atomic mass is 9.86. The number of hydrogen-bond acceptors (Lipinski definition) is 2. The van der Waals surface area contributed by atoms with E-state index >= 15 is 0 Å². The van der Waals surface area contributed by atoms with Crippen LogP contribution in [0.5, 0.6) is 0 Å². The number of nitrogens with zero attached hydrogens (tertiary/aromatic N) is 1. The quantitative estimate of drug-likeness (QED) is 0.779. The van der Waals surface area contributed by atoms with Crippen LogP contribution in [0.25, 0.3) is 0 Å². The molecule has 0 heterocycles. The Morgan fingerprint density at radius 1 is 1.13 bits per heavy atom. The maximum Gasteiger partial charge on any atom is 0.00920 e. The topological polar surface area (TPSA) is 29.3 Å². The minimum atomic E-state index is 0.866. The molecule has 2 N–H and O–H groups in total. The second kappa shape index (κ2) is 8.12. The zero-order valence-electron chi connectivity index (χ0n) is 11.3. The third-order valence-corrected chi connectivity index (χ3v) is 3.89. The molecule has 0 bridgehead atoms. The average Bonchev–Trinajstić information content (AvgIpc) is 2.72. The summed E-state index contributed by atoms with van der Waals surface area (Å²) in [6.07, 6.45) is 7.09. The third-order valence-electron chi connectivity index (χ3n) is 3.89. The fourth-order valence-corrected chi connectivity index (χ4v) is 2.84. The van der Waals surface area contributed by atoms with Crippen molar-refractivity contribution in [2.75, 3.05) is 21.1 Å². The van der Waals surface area contributed by atoms with Crippen molar-refractivity contribution in [2.45, 2.75) is 52.0 Å². The van der Waals surface area contributed by atoms with E-state index in [9.17, 15) is 0 Å². The van der Waals surface area contributed by atoms with Gasteiger partial charge in [0.05, 0.1) is 0 Å². The van der Waals surface area contributed by atoms with E-state index < -0.39 is 0 Å². The molecule has 0 aromatic heterocycles. The molecule has 1 saturated carbocycles. The van der Waals surface area contributed by atoms with Crippen LogP contribution in [-0.4, -0.2) is 32.1 Å². The summed E-state index contributed by atoms with van der Waals surface area (Å²) in [4.78, 5) is 2.41. The molecule has 0 radical (unpaired) electrons. The molecule has 2 nitrogen and oxygen atoms in total. The Hall–Kier alpha value is -0.0800. The van der Waals surface area contributed by atoms with Crippen LogP contribution in [-0.2, 0) is 0 Å². The first-order chi connectivity index (χ1) is 7.19. The van der Waals surface area contributed by atoms with Crippen LogP contribution < -0.4 is 5.73 Å². The first-order valence-corrected chi connectivity index (χ1v) is 6.43. The van der Waals surface area contributed by atoms with Crippen LogP contribution in [0.4, 0.5) is 0 Å². The largest absolute Gasteiger partial charge is 0.333 e. The first-order valence-electron chi connectivity index (χ1n) is 6.43. The van der Waals surface area contributed by atoms with Crippen LogP contribution in [0.3, 0.4) is 0 Å². The van der Waals surface area contributed by atoms with E-state index in [4.69, 9.17) is 0 Å². The lowest BCUT2D eigenvalue weighted by Crippen LogP contribution is -2.25. The zero-order valence-corrected chi connectivity index (χ0v) is 11.3. The Morgan fingerprint density at radius 3 is 2.00 bits per heavy atom. The molecule has 1 fully saturated rings. The summed E-state index contributed by atoms with van der Waals surface area (Å²) in [5.41, 5.74) is 4.50. The molecule has 0 aromatic rings. The summed E-state index contributed by atoms with van der Waals surface area (Å²) in [6, 6.07) is 0.866. The molecule has 1 aliphatic rings. The lowest BCUT2D eigenvalue weighted by molar-refractivity contribution is 0.263. The van der Waals surface area contributed by atoms with Crippen molar-refractivity contribution in [2.24, 2.45) is 17.6 Å². The normalized spacial score (nSPS) is 25.6. The number of nitrogens with two attached hydrogens (primary N) is 1. The molecule has 2 heteroatoms. The molecule has 0 aliphatic heterocycles. The maximum absolute atomic E-state index is 4.50. The predicted octanol–water partition coefficient (Wildman–Crippen LogP) is 2.73. The zero-order chi connectivity index (χ0) is 11.8. The molecule has 2 unspecified atom stereocenters. The molecule has 0 aromatic carbocycles. The molecule has 92 valence electrons. The van der Waals surface area contributed by atoms with Crippen LogP contribution >= 0.6 is 0 Å². The van der Waals surface area contributed by atoms with Crippen LogP contribution in [0.1, 0.15) is 46.0 Å². The fourth-order valence-electron chi connectivity index (χ4n) is 2.84. The Bertz CT molecular complexity index is 141. The molecule has 1 rings (SSSR count). The van der Waals surface area contributed by atoms with Gasteiger partial charge in [-0.1, -0.05) is 26.7 Å². The van der Waals surface area contributed by atoms with Crippen LogP contribution in [0, 0.1) is 11.8 Å². The van der Waals surface area contributed by atoms with Gasteiger partial charge in [0, 0.05) is 6.04 Å². The summed E-state index contributed by atoms with van der Waals surface area (Å²) < 4.78 is 0. The minimum Gasteiger partial charge on any atom is -0.333 e. The second-order valence-corrected chi connectivity index (χ2v) is 4.77. The van der Waals surface area contributed by atoms with Gasteiger partial charge < -0.3 is 10.6 Å². The third kappa shape index (κ3) is 4.52. The lowest BCUT2D eigenvalue weighted by Gasteiger charge is -2.22. The molecular weight excluding hydrogens is 184 g/mol. The smallest absolute Gasteiger partial charge is 0.00920 e. The summed E-state index contributed by atoms with van der Waals surface area (Å²) in [6.45, 7) is 4.69. The summed E-state index contributed by atoms with van der Waals surface area (Å²) in [5, 5.41) is 0. The maximum atomic E-state index is 4.50. The second-order valence-electron chi connectivity index (χ2n) is 4.77. The van der Waals surface area contributed by atoms with E-state index in [1.54, 1.807) is 0 Å². The first kappa shape index (κ1) is 14.9. The van der Waals surface area contributed by atoms with Gasteiger partial charge in [-0.05, 0) is 52.2 Å². The van der Waals surface area contributed by atoms with E-state index in [0.717, 1.165) is 17.9 Å². The molecule has 2 atom stereocenters. The fraction of sp³-hybridized carbons (Fsp3) is 1.00. The molecule has 1 aliphatic carbocycles. The Morgan fingerprint density at radius 2 is 1.67 bits per heavy atom. The van der Waals surface area contributed by atoms with Crippen molar-refractivity contribution >= 4 is 0 Å². The van der Waals surface area contributed by atoms with Crippen molar-refractivity contribution < 1.29 is 0 Å². The molecular formula is C13H30N2. The van der Waals surface area contributed by atoms with Gasteiger partial charge in [0.2, 0.25) is 0 Å². The average molecular weight is 214 g/mol. The number of hydrogen-bond donors (Lipinski definition) is 1. The summed E-state index contributed by atoms with van der Waals surface area (Å²) in [5.74, 6) is 2.01. The van der Waals surface area contributed by atoms with Crippen molar-refractivity contribution in [1.29, 1.82) is 0 Å². The number of rotatable bonds is 4.